The van der Waals surface area contributed by atoms with Gasteiger partial charge in [0.15, 0.2) is 11.5 Å². The number of benzene rings is 2. The van der Waals surface area contributed by atoms with Crippen LogP contribution in [0.4, 0.5) is 10.1 Å². The third kappa shape index (κ3) is 3.68. The van der Waals surface area contributed by atoms with Crippen molar-refractivity contribution in [1.29, 1.82) is 0 Å². The number of hydrogen-bond donors (Lipinski definition) is 2. The van der Waals surface area contributed by atoms with E-state index in [4.69, 9.17) is 0 Å². The minimum Gasteiger partial charge on any atom is -0.321 e. The fourth-order valence-corrected chi connectivity index (χ4v) is 2.58. The first-order chi connectivity index (χ1) is 13.2. The Balaban J connectivity index is 1.54. The van der Waals surface area contributed by atoms with Crippen molar-refractivity contribution < 1.29 is 9.18 Å². The zero-order valence-electron chi connectivity index (χ0n) is 13.9. The Morgan fingerprint density at radius 2 is 2.07 bits per heavy atom. The van der Waals surface area contributed by atoms with Crippen LogP contribution in [0.2, 0.25) is 0 Å². The Hall–Kier alpha value is -3.95. The summed E-state index contributed by atoms with van der Waals surface area (Å²) in [5.41, 5.74) is 2.09. The summed E-state index contributed by atoms with van der Waals surface area (Å²) in [5, 5.41) is 24.2. The van der Waals surface area contributed by atoms with Gasteiger partial charge in [0, 0.05) is 12.1 Å². The van der Waals surface area contributed by atoms with E-state index in [0.29, 0.717) is 23.6 Å². The standard InChI is InChI=1S/C17H13FN8O/c18-12-4-2-6-14(9-12)26-15(10-19-25-26)17(27)20-13-5-1-3-11(7-13)8-16-21-23-24-22-16/h1-7,9-10H,8H2,(H,20,27)(H,21,22,23,24). The highest BCUT2D eigenvalue weighted by atomic mass is 19.1. The van der Waals surface area contributed by atoms with E-state index in [1.54, 1.807) is 12.1 Å². The van der Waals surface area contributed by atoms with E-state index in [1.807, 2.05) is 18.2 Å². The van der Waals surface area contributed by atoms with Gasteiger partial charge in [-0.3, -0.25) is 4.79 Å². The first-order valence-electron chi connectivity index (χ1n) is 7.98. The summed E-state index contributed by atoms with van der Waals surface area (Å²) >= 11 is 0. The maximum Gasteiger partial charge on any atom is 0.276 e. The molecule has 0 spiro atoms. The number of H-pyrrole nitrogens is 1. The van der Waals surface area contributed by atoms with Gasteiger partial charge in [-0.15, -0.1) is 15.3 Å². The number of halogens is 1. The fraction of sp³-hybridized carbons (Fsp3) is 0.0588. The van der Waals surface area contributed by atoms with E-state index in [2.05, 4.69) is 36.3 Å². The van der Waals surface area contributed by atoms with Crippen LogP contribution in [0.1, 0.15) is 21.9 Å². The fourth-order valence-electron chi connectivity index (χ4n) is 2.58. The van der Waals surface area contributed by atoms with Crippen molar-refractivity contribution in [2.24, 2.45) is 0 Å². The number of aromatic nitrogens is 7. The lowest BCUT2D eigenvalue weighted by Gasteiger charge is -2.08. The predicted molar refractivity (Wildman–Crippen MR) is 92.7 cm³/mol. The smallest absolute Gasteiger partial charge is 0.276 e. The number of hydrogen-bond acceptors (Lipinski definition) is 6. The van der Waals surface area contributed by atoms with Gasteiger partial charge < -0.3 is 5.32 Å². The molecule has 134 valence electrons. The Labute approximate surface area is 152 Å². The van der Waals surface area contributed by atoms with Gasteiger partial charge >= 0.3 is 0 Å². The molecular weight excluding hydrogens is 351 g/mol. The van der Waals surface area contributed by atoms with Crippen molar-refractivity contribution in [3.8, 4) is 5.69 Å². The lowest BCUT2D eigenvalue weighted by Crippen LogP contribution is -2.17. The highest BCUT2D eigenvalue weighted by Crippen LogP contribution is 2.16. The summed E-state index contributed by atoms with van der Waals surface area (Å²) in [6, 6.07) is 13.0. The second-order valence-electron chi connectivity index (χ2n) is 5.67. The highest BCUT2D eigenvalue weighted by molar-refractivity contribution is 6.03. The third-order valence-electron chi connectivity index (χ3n) is 3.77. The molecule has 1 amide bonds. The monoisotopic (exact) mass is 364 g/mol. The van der Waals surface area contributed by atoms with E-state index < -0.39 is 11.7 Å². The number of rotatable bonds is 5. The van der Waals surface area contributed by atoms with Gasteiger partial charge in [0.2, 0.25) is 0 Å². The van der Waals surface area contributed by atoms with E-state index in [1.165, 1.54) is 29.1 Å². The predicted octanol–water partition coefficient (Wildman–Crippen LogP) is 1.76. The quantitative estimate of drug-likeness (QED) is 0.558. The van der Waals surface area contributed by atoms with E-state index in [-0.39, 0.29) is 5.69 Å². The van der Waals surface area contributed by atoms with Crippen LogP contribution in [0, 0.1) is 5.82 Å². The Bertz CT molecular complexity index is 1080. The molecule has 0 aliphatic carbocycles. The van der Waals surface area contributed by atoms with E-state index in [9.17, 15) is 9.18 Å². The summed E-state index contributed by atoms with van der Waals surface area (Å²) in [7, 11) is 0. The van der Waals surface area contributed by atoms with Crippen LogP contribution < -0.4 is 5.32 Å². The first kappa shape index (κ1) is 16.5. The molecule has 0 unspecified atom stereocenters. The first-order valence-corrected chi connectivity index (χ1v) is 7.98. The van der Waals surface area contributed by atoms with Crippen molar-refractivity contribution >= 4 is 11.6 Å². The van der Waals surface area contributed by atoms with Gasteiger partial charge in [0.25, 0.3) is 5.91 Å². The minimum atomic E-state index is -0.427. The SMILES string of the molecule is O=C(Nc1cccc(Cc2nn[nH]n2)c1)c1cnnn1-c1cccc(F)c1. The molecule has 0 bridgehead atoms. The molecule has 2 aromatic carbocycles. The van der Waals surface area contributed by atoms with E-state index in [0.717, 1.165) is 5.56 Å². The van der Waals surface area contributed by atoms with Crippen molar-refractivity contribution in [3.63, 3.8) is 0 Å². The molecule has 0 aliphatic heterocycles. The molecule has 2 N–H and O–H groups in total. The van der Waals surface area contributed by atoms with Crippen molar-refractivity contribution in [2.45, 2.75) is 6.42 Å². The molecule has 0 saturated heterocycles. The number of carbonyl (C=O) groups excluding carboxylic acids is 1. The van der Waals surface area contributed by atoms with Crippen molar-refractivity contribution in [2.75, 3.05) is 5.32 Å². The van der Waals surface area contributed by atoms with Crippen LogP contribution in [0.15, 0.2) is 54.7 Å². The van der Waals surface area contributed by atoms with Crippen molar-refractivity contribution in [3.05, 3.63) is 77.6 Å². The number of nitrogens with zero attached hydrogens (tertiary/aromatic N) is 6. The highest BCUT2D eigenvalue weighted by Gasteiger charge is 2.15. The summed E-state index contributed by atoms with van der Waals surface area (Å²) in [4.78, 5) is 12.6. The molecule has 0 saturated carbocycles. The zero-order chi connectivity index (χ0) is 18.6. The second-order valence-corrected chi connectivity index (χ2v) is 5.67. The molecule has 10 heteroatoms. The Morgan fingerprint density at radius 3 is 2.89 bits per heavy atom. The second kappa shape index (κ2) is 7.12. The average molecular weight is 364 g/mol. The summed E-state index contributed by atoms with van der Waals surface area (Å²) in [5.74, 6) is -0.295. The van der Waals surface area contributed by atoms with E-state index >= 15 is 0 Å². The number of carbonyl (C=O) groups is 1. The number of anilines is 1. The molecule has 2 heterocycles. The molecular formula is C17H13FN8O. The van der Waals surface area contributed by atoms with Crippen LogP contribution in [0.25, 0.3) is 5.69 Å². The molecule has 0 aliphatic rings. The normalized spacial score (nSPS) is 10.7. The molecule has 4 aromatic rings. The van der Waals surface area contributed by atoms with Gasteiger partial charge in [0.1, 0.15) is 5.82 Å². The third-order valence-corrected chi connectivity index (χ3v) is 3.77. The van der Waals surface area contributed by atoms with Crippen molar-refractivity contribution in [1.82, 2.24) is 35.6 Å². The van der Waals surface area contributed by atoms with Crippen LogP contribution in [-0.4, -0.2) is 41.5 Å². The molecule has 0 atom stereocenters. The van der Waals surface area contributed by atoms with Crippen LogP contribution in [0.5, 0.6) is 0 Å². The molecule has 0 radical (unpaired) electrons. The number of aromatic amines is 1. The lowest BCUT2D eigenvalue weighted by molar-refractivity contribution is 0.101. The minimum absolute atomic E-state index is 0.184. The van der Waals surface area contributed by atoms with Gasteiger partial charge in [0.05, 0.1) is 11.9 Å². The Morgan fingerprint density at radius 1 is 1.19 bits per heavy atom. The summed E-state index contributed by atoms with van der Waals surface area (Å²) < 4.78 is 14.7. The number of tetrazole rings is 1. The van der Waals surface area contributed by atoms with Gasteiger partial charge in [-0.1, -0.05) is 28.6 Å². The number of amides is 1. The van der Waals surface area contributed by atoms with Gasteiger partial charge in [-0.25, -0.2) is 9.07 Å². The van der Waals surface area contributed by atoms with Gasteiger partial charge in [-0.05, 0) is 35.9 Å². The summed E-state index contributed by atoms with van der Waals surface area (Å²) in [6.07, 6.45) is 1.80. The zero-order valence-corrected chi connectivity index (χ0v) is 13.9. The molecule has 2 aromatic heterocycles. The average Bonchev–Trinajstić information content (AvgIpc) is 3.34. The molecule has 27 heavy (non-hydrogen) atoms. The largest absolute Gasteiger partial charge is 0.321 e. The molecule has 9 nitrogen and oxygen atoms in total. The summed E-state index contributed by atoms with van der Waals surface area (Å²) in [6.45, 7) is 0. The Kier molecular flexibility index (Phi) is 4.35. The maximum atomic E-state index is 13.5. The van der Waals surface area contributed by atoms with Crippen LogP contribution >= 0.6 is 0 Å². The number of nitrogens with one attached hydrogen (secondary N) is 2. The maximum absolute atomic E-state index is 13.5. The van der Waals surface area contributed by atoms with Crippen LogP contribution in [-0.2, 0) is 6.42 Å². The van der Waals surface area contributed by atoms with Gasteiger partial charge in [-0.2, -0.15) is 5.21 Å². The van der Waals surface area contributed by atoms with Crippen LogP contribution in [0.3, 0.4) is 0 Å². The topological polar surface area (TPSA) is 114 Å². The molecule has 4 rings (SSSR count). The molecule has 0 fully saturated rings. The lowest BCUT2D eigenvalue weighted by atomic mass is 10.1.